The minimum atomic E-state index is -0.365. The van der Waals surface area contributed by atoms with Crippen molar-refractivity contribution >= 4 is 39.9 Å². The summed E-state index contributed by atoms with van der Waals surface area (Å²) in [5.74, 6) is 0.135. The molecule has 2 unspecified atom stereocenters. The number of carbonyl (C=O) groups is 1. The van der Waals surface area contributed by atoms with Crippen LogP contribution in [-0.2, 0) is 4.79 Å². The van der Waals surface area contributed by atoms with Gasteiger partial charge in [0.05, 0.1) is 18.2 Å². The summed E-state index contributed by atoms with van der Waals surface area (Å²) in [6, 6.07) is 14.8. The quantitative estimate of drug-likeness (QED) is 0.730. The molecule has 6 heteroatoms. The molecule has 1 amide bonds. The number of ether oxygens (including phenoxy) is 1. The number of benzene rings is 2. The fourth-order valence-corrected chi connectivity index (χ4v) is 2.59. The molecule has 2 atom stereocenters. The summed E-state index contributed by atoms with van der Waals surface area (Å²) in [6.45, 7) is 4.26. The average Bonchev–Trinajstić information content (AvgIpc) is 2.57. The highest BCUT2D eigenvalue weighted by atomic mass is 79.9. The smallest absolute Gasteiger partial charge is 0.229 e. The predicted octanol–water partition coefficient (Wildman–Crippen LogP) is 4.54. The summed E-state index contributed by atoms with van der Waals surface area (Å²) in [4.78, 5) is 12.5. The van der Waals surface area contributed by atoms with Gasteiger partial charge < -0.3 is 15.8 Å². The first-order valence-electron chi connectivity index (χ1n) is 7.56. The van der Waals surface area contributed by atoms with Crippen molar-refractivity contribution < 1.29 is 9.53 Å². The predicted molar refractivity (Wildman–Crippen MR) is 104 cm³/mol. The van der Waals surface area contributed by atoms with Crippen molar-refractivity contribution in [3.05, 3.63) is 58.6 Å². The number of amides is 1. The van der Waals surface area contributed by atoms with Crippen LogP contribution in [0.5, 0.6) is 5.75 Å². The molecule has 0 aromatic heterocycles. The first-order chi connectivity index (χ1) is 11.0. The molecule has 2 aromatic rings. The van der Waals surface area contributed by atoms with Gasteiger partial charge in [-0.1, -0.05) is 53.2 Å². The number of rotatable bonds is 6. The van der Waals surface area contributed by atoms with Crippen LogP contribution < -0.4 is 15.8 Å². The van der Waals surface area contributed by atoms with Crippen LogP contribution in [-0.4, -0.2) is 12.5 Å². The topological polar surface area (TPSA) is 64.3 Å². The summed E-state index contributed by atoms with van der Waals surface area (Å²) in [5, 5.41) is 2.91. The lowest BCUT2D eigenvalue weighted by Gasteiger charge is -2.20. The lowest BCUT2D eigenvalue weighted by molar-refractivity contribution is -0.120. The number of anilines is 1. The van der Waals surface area contributed by atoms with Crippen LogP contribution in [0.3, 0.4) is 0 Å². The van der Waals surface area contributed by atoms with Crippen LogP contribution in [0.1, 0.15) is 25.5 Å². The fraction of sp³-hybridized carbons (Fsp3) is 0.278. The summed E-state index contributed by atoms with van der Waals surface area (Å²) >= 11 is 3.40. The molecule has 0 fully saturated rings. The molecule has 4 nitrogen and oxygen atoms in total. The minimum absolute atomic E-state index is 0. The molecule has 0 aliphatic rings. The molecule has 0 radical (unpaired) electrons. The number of nitrogens with one attached hydrogen (secondary N) is 1. The fourth-order valence-electron chi connectivity index (χ4n) is 2.25. The summed E-state index contributed by atoms with van der Waals surface area (Å²) < 4.78 is 6.46. The van der Waals surface area contributed by atoms with E-state index >= 15 is 0 Å². The summed E-state index contributed by atoms with van der Waals surface area (Å²) in [5.41, 5.74) is 7.80. The highest BCUT2D eigenvalue weighted by Crippen LogP contribution is 2.29. The van der Waals surface area contributed by atoms with E-state index in [4.69, 9.17) is 10.5 Å². The third kappa shape index (κ3) is 5.23. The molecule has 0 saturated carbocycles. The van der Waals surface area contributed by atoms with Gasteiger partial charge in [-0.15, -0.1) is 12.4 Å². The second-order valence-electron chi connectivity index (χ2n) is 5.29. The van der Waals surface area contributed by atoms with Crippen LogP contribution in [0.25, 0.3) is 0 Å². The van der Waals surface area contributed by atoms with Gasteiger partial charge in [-0.25, -0.2) is 0 Å². The van der Waals surface area contributed by atoms with E-state index in [1.54, 1.807) is 0 Å². The van der Waals surface area contributed by atoms with Crippen LogP contribution in [0.15, 0.2) is 53.0 Å². The minimum Gasteiger partial charge on any atom is -0.492 e. The zero-order valence-electron chi connectivity index (χ0n) is 13.7. The monoisotopic (exact) mass is 412 g/mol. The first kappa shape index (κ1) is 20.5. The molecule has 0 aliphatic carbocycles. The number of nitrogens with two attached hydrogens (primary N) is 1. The Bertz CT molecular complexity index is 667. The van der Waals surface area contributed by atoms with E-state index in [-0.39, 0.29) is 30.3 Å². The van der Waals surface area contributed by atoms with Gasteiger partial charge >= 0.3 is 0 Å². The summed E-state index contributed by atoms with van der Waals surface area (Å²) in [7, 11) is 0. The van der Waals surface area contributed by atoms with E-state index in [1.165, 1.54) is 0 Å². The van der Waals surface area contributed by atoms with Gasteiger partial charge in [-0.3, -0.25) is 4.79 Å². The molecule has 0 heterocycles. The van der Waals surface area contributed by atoms with Crippen molar-refractivity contribution in [2.24, 2.45) is 11.7 Å². The molecule has 130 valence electrons. The van der Waals surface area contributed by atoms with Gasteiger partial charge in [0.1, 0.15) is 5.75 Å². The van der Waals surface area contributed by atoms with E-state index < -0.39 is 0 Å². The molecule has 2 aromatic carbocycles. The Morgan fingerprint density at radius 2 is 1.92 bits per heavy atom. The normalized spacial score (nSPS) is 12.7. The Balaban J connectivity index is 0.00000288. The third-order valence-corrected chi connectivity index (χ3v) is 4.13. The van der Waals surface area contributed by atoms with Gasteiger partial charge in [-0.2, -0.15) is 0 Å². The van der Waals surface area contributed by atoms with Crippen molar-refractivity contribution in [3.63, 3.8) is 0 Å². The lowest BCUT2D eigenvalue weighted by atomic mass is 9.94. The maximum Gasteiger partial charge on any atom is 0.229 e. The standard InChI is InChI=1S/C18H21BrN2O2.ClH/c1-3-23-16-11-14(19)9-10-15(16)21-18(22)12(2)17(20)13-7-5-4-6-8-13;/h4-12,17H,3,20H2,1-2H3,(H,21,22);1H. The maximum absolute atomic E-state index is 12.5. The number of carbonyl (C=O) groups excluding carboxylic acids is 1. The van der Waals surface area contributed by atoms with Crippen LogP contribution >= 0.6 is 28.3 Å². The van der Waals surface area contributed by atoms with Gasteiger partial charge in [0, 0.05) is 10.5 Å². The van der Waals surface area contributed by atoms with E-state index in [2.05, 4.69) is 21.2 Å². The van der Waals surface area contributed by atoms with Crippen molar-refractivity contribution in [3.8, 4) is 5.75 Å². The molecule has 3 N–H and O–H groups in total. The number of hydrogen-bond donors (Lipinski definition) is 2. The Kier molecular flexibility index (Phi) is 8.25. The van der Waals surface area contributed by atoms with Gasteiger partial charge in [0.15, 0.2) is 0 Å². The molecule has 0 saturated heterocycles. The van der Waals surface area contributed by atoms with E-state index in [0.717, 1.165) is 10.0 Å². The zero-order chi connectivity index (χ0) is 16.8. The van der Waals surface area contributed by atoms with Crippen LogP contribution in [0.4, 0.5) is 5.69 Å². The second kappa shape index (κ2) is 9.67. The van der Waals surface area contributed by atoms with Crippen molar-refractivity contribution in [2.45, 2.75) is 19.9 Å². The van der Waals surface area contributed by atoms with Crippen molar-refractivity contribution in [1.29, 1.82) is 0 Å². The Morgan fingerprint density at radius 1 is 1.25 bits per heavy atom. The Hall–Kier alpha value is -1.56. The highest BCUT2D eigenvalue weighted by Gasteiger charge is 2.23. The largest absolute Gasteiger partial charge is 0.492 e. The van der Waals surface area contributed by atoms with Gasteiger partial charge in [0.2, 0.25) is 5.91 Å². The SMILES string of the molecule is CCOc1cc(Br)ccc1NC(=O)C(C)C(N)c1ccccc1.Cl. The van der Waals surface area contributed by atoms with Crippen LogP contribution in [0.2, 0.25) is 0 Å². The molecule has 0 aliphatic heterocycles. The number of halogens is 2. The highest BCUT2D eigenvalue weighted by molar-refractivity contribution is 9.10. The molecule has 2 rings (SSSR count). The number of hydrogen-bond acceptors (Lipinski definition) is 3. The van der Waals surface area contributed by atoms with Gasteiger partial charge in [0.25, 0.3) is 0 Å². The average molecular weight is 414 g/mol. The van der Waals surface area contributed by atoms with E-state index in [0.29, 0.717) is 18.0 Å². The lowest BCUT2D eigenvalue weighted by Crippen LogP contribution is -2.30. The zero-order valence-corrected chi connectivity index (χ0v) is 16.1. The third-order valence-electron chi connectivity index (χ3n) is 3.64. The van der Waals surface area contributed by atoms with Crippen molar-refractivity contribution in [1.82, 2.24) is 0 Å². The molecule has 24 heavy (non-hydrogen) atoms. The second-order valence-corrected chi connectivity index (χ2v) is 6.20. The summed E-state index contributed by atoms with van der Waals surface area (Å²) in [6.07, 6.45) is 0. The van der Waals surface area contributed by atoms with E-state index in [9.17, 15) is 4.79 Å². The van der Waals surface area contributed by atoms with Crippen LogP contribution in [0, 0.1) is 5.92 Å². The van der Waals surface area contributed by atoms with Crippen molar-refractivity contribution in [2.75, 3.05) is 11.9 Å². The van der Waals surface area contributed by atoms with Gasteiger partial charge in [-0.05, 0) is 30.7 Å². The molecule has 0 bridgehead atoms. The molecule has 0 spiro atoms. The van der Waals surface area contributed by atoms with E-state index in [1.807, 2.05) is 62.4 Å². The molecular weight excluding hydrogens is 392 g/mol. The maximum atomic E-state index is 12.5. The first-order valence-corrected chi connectivity index (χ1v) is 8.36. The molecular formula is C18H22BrClN2O2. The Morgan fingerprint density at radius 3 is 2.54 bits per heavy atom. The Labute approximate surface area is 157 Å².